The average molecular weight is 286 g/mol. The fourth-order valence-corrected chi connectivity index (χ4v) is 1.80. The van der Waals surface area contributed by atoms with Crippen LogP contribution in [0.25, 0.3) is 11.3 Å². The second-order valence-corrected chi connectivity index (χ2v) is 5.51. The van der Waals surface area contributed by atoms with Crippen molar-refractivity contribution in [3.8, 4) is 17.0 Å². The lowest BCUT2D eigenvalue weighted by Gasteiger charge is -2.19. The first-order valence-electron chi connectivity index (χ1n) is 6.58. The van der Waals surface area contributed by atoms with Gasteiger partial charge < -0.3 is 9.47 Å². The van der Waals surface area contributed by atoms with E-state index in [4.69, 9.17) is 9.47 Å². The first-order chi connectivity index (χ1) is 9.90. The molecule has 2 aromatic heterocycles. The topological polar surface area (TPSA) is 61.3 Å². The van der Waals surface area contributed by atoms with Crippen molar-refractivity contribution in [2.24, 2.45) is 0 Å². The Balaban J connectivity index is 2.36. The molecule has 0 aliphatic rings. The first kappa shape index (κ1) is 15.0. The van der Waals surface area contributed by atoms with Gasteiger partial charge in [-0.1, -0.05) is 0 Å². The molecule has 0 radical (unpaired) electrons. The van der Waals surface area contributed by atoms with Gasteiger partial charge in [0, 0.05) is 18.0 Å². The third kappa shape index (κ3) is 3.78. The lowest BCUT2D eigenvalue weighted by Crippen LogP contribution is -2.23. The highest BCUT2D eigenvalue weighted by molar-refractivity contribution is 5.91. The number of pyridine rings is 2. The fourth-order valence-electron chi connectivity index (χ4n) is 1.80. The van der Waals surface area contributed by atoms with E-state index >= 15 is 0 Å². The minimum absolute atomic E-state index is 0.376. The highest BCUT2D eigenvalue weighted by Crippen LogP contribution is 2.27. The number of carbonyl (C=O) groups is 1. The number of hydrogen-bond acceptors (Lipinski definition) is 5. The Morgan fingerprint density at radius 3 is 2.62 bits per heavy atom. The summed E-state index contributed by atoms with van der Waals surface area (Å²) in [4.78, 5) is 20.4. The van der Waals surface area contributed by atoms with E-state index in [1.54, 1.807) is 43.9 Å². The van der Waals surface area contributed by atoms with Crippen LogP contribution in [0.1, 0.15) is 31.1 Å². The van der Waals surface area contributed by atoms with Crippen molar-refractivity contribution < 1.29 is 14.3 Å². The second kappa shape index (κ2) is 5.91. The normalized spacial score (nSPS) is 11.0. The molecule has 110 valence electrons. The zero-order valence-corrected chi connectivity index (χ0v) is 12.6. The third-order valence-corrected chi connectivity index (χ3v) is 2.67. The molecule has 0 saturated heterocycles. The van der Waals surface area contributed by atoms with E-state index < -0.39 is 5.60 Å². The molecule has 0 fully saturated rings. The molecule has 0 unspecified atom stereocenters. The van der Waals surface area contributed by atoms with Gasteiger partial charge in [-0.25, -0.2) is 4.79 Å². The molecule has 0 atom stereocenters. The molecule has 0 aliphatic heterocycles. The average Bonchev–Trinajstić information content (AvgIpc) is 2.45. The largest absolute Gasteiger partial charge is 0.494 e. The Labute approximate surface area is 124 Å². The van der Waals surface area contributed by atoms with Crippen LogP contribution in [0, 0.1) is 0 Å². The van der Waals surface area contributed by atoms with E-state index in [2.05, 4.69) is 9.97 Å². The number of esters is 1. The van der Waals surface area contributed by atoms with E-state index in [0.717, 1.165) is 5.56 Å². The van der Waals surface area contributed by atoms with Gasteiger partial charge in [-0.3, -0.25) is 9.97 Å². The third-order valence-electron chi connectivity index (χ3n) is 2.67. The Kier molecular flexibility index (Phi) is 4.21. The molecule has 0 amide bonds. The molecule has 2 rings (SSSR count). The summed E-state index contributed by atoms with van der Waals surface area (Å²) in [6.45, 7) is 5.50. The van der Waals surface area contributed by atoms with Crippen LogP contribution in [-0.2, 0) is 4.74 Å². The molecule has 0 aromatic carbocycles. The number of ether oxygens (including phenoxy) is 2. The van der Waals surface area contributed by atoms with Gasteiger partial charge in [0.1, 0.15) is 11.4 Å². The van der Waals surface area contributed by atoms with Crippen LogP contribution >= 0.6 is 0 Å². The summed E-state index contributed by atoms with van der Waals surface area (Å²) in [5.74, 6) is 0.227. The smallest absolute Gasteiger partial charge is 0.338 e. The lowest BCUT2D eigenvalue weighted by atomic mass is 10.1. The maximum Gasteiger partial charge on any atom is 0.338 e. The molecule has 0 spiro atoms. The standard InChI is InChI=1S/C16H18N2O3/c1-16(2,3)21-15(19)11-5-8-18-13(9-11)12-6-7-17-10-14(12)20-4/h5-10H,1-4H3. The molecule has 5 heteroatoms. The Hall–Kier alpha value is -2.43. The summed E-state index contributed by atoms with van der Waals surface area (Å²) in [5, 5.41) is 0. The van der Waals surface area contributed by atoms with Crippen LogP contribution in [0.3, 0.4) is 0 Å². The summed E-state index contributed by atoms with van der Waals surface area (Å²) in [7, 11) is 1.57. The van der Waals surface area contributed by atoms with E-state index in [9.17, 15) is 4.79 Å². The minimum atomic E-state index is -0.533. The predicted octanol–water partition coefficient (Wildman–Crippen LogP) is 3.11. The molecule has 0 N–H and O–H groups in total. The Morgan fingerprint density at radius 2 is 1.95 bits per heavy atom. The van der Waals surface area contributed by atoms with Gasteiger partial charge in [-0.2, -0.15) is 0 Å². The van der Waals surface area contributed by atoms with Crippen molar-refractivity contribution in [3.05, 3.63) is 42.4 Å². The molecule has 0 bridgehead atoms. The summed E-state index contributed by atoms with van der Waals surface area (Å²) in [6.07, 6.45) is 4.84. The predicted molar refractivity (Wildman–Crippen MR) is 79.2 cm³/mol. The molecular formula is C16H18N2O3. The number of hydrogen-bond donors (Lipinski definition) is 0. The highest BCUT2D eigenvalue weighted by atomic mass is 16.6. The van der Waals surface area contributed by atoms with Crippen LogP contribution in [-0.4, -0.2) is 28.6 Å². The van der Waals surface area contributed by atoms with Crippen molar-refractivity contribution in [2.75, 3.05) is 7.11 Å². The van der Waals surface area contributed by atoms with E-state index in [1.165, 1.54) is 0 Å². The van der Waals surface area contributed by atoms with E-state index in [1.807, 2.05) is 20.8 Å². The highest BCUT2D eigenvalue weighted by Gasteiger charge is 2.18. The summed E-state index contributed by atoms with van der Waals surface area (Å²) in [5.41, 5.74) is 1.33. The number of aromatic nitrogens is 2. The van der Waals surface area contributed by atoms with Crippen LogP contribution in [0.5, 0.6) is 5.75 Å². The molecule has 5 nitrogen and oxygen atoms in total. The Morgan fingerprint density at radius 1 is 1.19 bits per heavy atom. The van der Waals surface area contributed by atoms with Crippen molar-refractivity contribution in [3.63, 3.8) is 0 Å². The molecule has 21 heavy (non-hydrogen) atoms. The van der Waals surface area contributed by atoms with Crippen molar-refractivity contribution in [1.82, 2.24) is 9.97 Å². The van der Waals surface area contributed by atoms with Crippen LogP contribution in [0.4, 0.5) is 0 Å². The van der Waals surface area contributed by atoms with Gasteiger partial charge in [-0.05, 0) is 39.0 Å². The second-order valence-electron chi connectivity index (χ2n) is 5.51. The quantitative estimate of drug-likeness (QED) is 0.811. The monoisotopic (exact) mass is 286 g/mol. The maximum atomic E-state index is 12.1. The number of nitrogens with zero attached hydrogens (tertiary/aromatic N) is 2. The van der Waals surface area contributed by atoms with Gasteiger partial charge in [-0.15, -0.1) is 0 Å². The van der Waals surface area contributed by atoms with Crippen LogP contribution in [0.2, 0.25) is 0 Å². The van der Waals surface area contributed by atoms with Gasteiger partial charge in [0.05, 0.1) is 24.6 Å². The molecule has 0 saturated carbocycles. The first-order valence-corrected chi connectivity index (χ1v) is 6.58. The van der Waals surface area contributed by atoms with E-state index in [0.29, 0.717) is 17.0 Å². The fraction of sp³-hybridized carbons (Fsp3) is 0.312. The summed E-state index contributed by atoms with van der Waals surface area (Å²) < 4.78 is 10.6. The molecule has 0 aliphatic carbocycles. The number of rotatable bonds is 3. The van der Waals surface area contributed by atoms with Crippen LogP contribution in [0.15, 0.2) is 36.8 Å². The lowest BCUT2D eigenvalue weighted by molar-refractivity contribution is 0.00694. The zero-order chi connectivity index (χ0) is 15.5. The number of methoxy groups -OCH3 is 1. The SMILES string of the molecule is COc1cnccc1-c1cc(C(=O)OC(C)(C)C)ccn1. The molecule has 2 heterocycles. The molecule has 2 aromatic rings. The van der Waals surface area contributed by atoms with Gasteiger partial charge in [0.2, 0.25) is 0 Å². The molecular weight excluding hydrogens is 268 g/mol. The van der Waals surface area contributed by atoms with E-state index in [-0.39, 0.29) is 5.97 Å². The minimum Gasteiger partial charge on any atom is -0.494 e. The summed E-state index contributed by atoms with van der Waals surface area (Å²) >= 11 is 0. The van der Waals surface area contributed by atoms with Crippen molar-refractivity contribution >= 4 is 5.97 Å². The zero-order valence-electron chi connectivity index (χ0n) is 12.6. The number of carbonyl (C=O) groups excluding carboxylic acids is 1. The maximum absolute atomic E-state index is 12.1. The van der Waals surface area contributed by atoms with Gasteiger partial charge in [0.15, 0.2) is 0 Å². The van der Waals surface area contributed by atoms with Gasteiger partial charge >= 0.3 is 5.97 Å². The van der Waals surface area contributed by atoms with Crippen molar-refractivity contribution in [1.29, 1.82) is 0 Å². The Bertz CT molecular complexity index is 648. The van der Waals surface area contributed by atoms with Gasteiger partial charge in [0.25, 0.3) is 0 Å². The van der Waals surface area contributed by atoms with Crippen LogP contribution < -0.4 is 4.74 Å². The van der Waals surface area contributed by atoms with Crippen molar-refractivity contribution in [2.45, 2.75) is 26.4 Å². The summed E-state index contributed by atoms with van der Waals surface area (Å²) in [6, 6.07) is 5.11.